The Hall–Kier alpha value is 1.44. The molecule has 2 nitrogen and oxygen atoms in total. The predicted octanol–water partition coefficient (Wildman–Crippen LogP) is -0.498. The van der Waals surface area contributed by atoms with Gasteiger partial charge in [-0.2, -0.15) is 5.26 Å². The van der Waals surface area contributed by atoms with E-state index in [1.54, 1.807) is 5.40 Å². The van der Waals surface area contributed by atoms with E-state index in [2.05, 4.69) is 0 Å². The topological polar surface area (TPSA) is 44.0 Å². The molecule has 0 aliphatic heterocycles. The molecule has 0 atom stereocenters. The van der Waals surface area contributed by atoms with E-state index in [1.807, 2.05) is 0 Å². The number of thioether (sulfide) groups is 1. The van der Waals surface area contributed by atoms with E-state index in [-0.39, 0.29) is 57.3 Å². The second-order valence-corrected chi connectivity index (χ2v) is 1.09. The van der Waals surface area contributed by atoms with Gasteiger partial charge in [0.25, 0.3) is 0 Å². The molecule has 0 aliphatic rings. The van der Waals surface area contributed by atoms with Gasteiger partial charge in [0.1, 0.15) is 11.3 Å². The molecule has 0 rings (SSSR count). The summed E-state index contributed by atoms with van der Waals surface area (Å²) in [6, 6.07) is 0. The van der Waals surface area contributed by atoms with Crippen molar-refractivity contribution in [1.29, 1.82) is 5.26 Å². The van der Waals surface area contributed by atoms with Crippen molar-refractivity contribution >= 4 is 63.1 Å². The first kappa shape index (κ1) is 10.4. The average Bonchev–Trinajstić information content (AvgIpc) is 1.41. The summed E-state index contributed by atoms with van der Waals surface area (Å²) in [5.74, 6) is -0.101. The summed E-state index contributed by atoms with van der Waals surface area (Å²) in [6.45, 7) is 0. The van der Waals surface area contributed by atoms with Crippen LogP contribution in [0.3, 0.4) is 0 Å². The quantitative estimate of drug-likeness (QED) is 0.295. The minimum absolute atomic E-state index is 0. The third-order valence-electron chi connectivity index (χ3n) is 0.129. The summed E-state index contributed by atoms with van der Waals surface area (Å²) in [6.07, 6.45) is 0. The maximum absolute atomic E-state index is 7.81. The number of nitrogens with zero attached hydrogens (tertiary/aromatic N) is 1. The van der Waals surface area contributed by atoms with Crippen LogP contribution in [0.1, 0.15) is 0 Å². The molecule has 0 heterocycles. The van der Waals surface area contributed by atoms with Gasteiger partial charge < -0.3 is 5.11 Å². The Labute approximate surface area is 83.3 Å². The first-order valence-electron chi connectivity index (χ1n) is 1.03. The molecule has 0 saturated carbocycles. The van der Waals surface area contributed by atoms with E-state index in [4.69, 9.17) is 10.4 Å². The third-order valence-corrected chi connectivity index (χ3v) is 0.387. The molecule has 0 saturated heterocycles. The Morgan fingerprint density at radius 1 is 1.83 bits per heavy atom. The monoisotopic (exact) mass is 129 g/mol. The van der Waals surface area contributed by atoms with Gasteiger partial charge in [-0.3, -0.25) is 0 Å². The summed E-state index contributed by atoms with van der Waals surface area (Å²) in [4.78, 5) is 0. The molecule has 0 aromatic rings. The standard InChI is InChI=1S/C2H3NOS.K.H/c3-1-5-2-4;;/h4H,2H2;;. The van der Waals surface area contributed by atoms with Gasteiger partial charge >= 0.3 is 51.4 Å². The number of thiocyanates is 1. The van der Waals surface area contributed by atoms with Crippen LogP contribution in [-0.2, 0) is 0 Å². The number of hydrogen-bond acceptors (Lipinski definition) is 3. The van der Waals surface area contributed by atoms with Crippen LogP contribution in [0.4, 0.5) is 0 Å². The van der Waals surface area contributed by atoms with E-state index in [9.17, 15) is 0 Å². The fraction of sp³-hybridized carbons (Fsp3) is 0.500. The van der Waals surface area contributed by atoms with Crippen molar-refractivity contribution < 1.29 is 5.11 Å². The Kier molecular flexibility index (Phi) is 16.8. The number of aliphatic hydroxyl groups is 1. The third kappa shape index (κ3) is 9.06. The van der Waals surface area contributed by atoms with Crippen molar-refractivity contribution in [2.75, 3.05) is 5.94 Å². The van der Waals surface area contributed by atoms with Crippen LogP contribution in [0, 0.1) is 10.7 Å². The molecule has 0 aromatic carbocycles. The summed E-state index contributed by atoms with van der Waals surface area (Å²) in [7, 11) is 0. The fourth-order valence-electron chi connectivity index (χ4n) is 0.0289. The first-order chi connectivity index (χ1) is 2.41. The van der Waals surface area contributed by atoms with Crippen molar-refractivity contribution in [1.82, 2.24) is 0 Å². The van der Waals surface area contributed by atoms with Gasteiger partial charge in [-0.25, -0.2) is 0 Å². The summed E-state index contributed by atoms with van der Waals surface area (Å²) < 4.78 is 0. The fourth-order valence-corrected chi connectivity index (χ4v) is 0.0866. The van der Waals surface area contributed by atoms with Crippen molar-refractivity contribution in [2.24, 2.45) is 0 Å². The van der Waals surface area contributed by atoms with Gasteiger partial charge in [0.2, 0.25) is 0 Å². The molecular formula is C2H4KNOS. The minimum atomic E-state index is -0.101. The van der Waals surface area contributed by atoms with Gasteiger partial charge in [0.05, 0.1) is 0 Å². The van der Waals surface area contributed by atoms with Crippen LogP contribution in [-0.4, -0.2) is 62.4 Å². The zero-order valence-corrected chi connectivity index (χ0v) is 3.33. The first-order valence-corrected chi connectivity index (χ1v) is 2.02. The molecule has 6 heavy (non-hydrogen) atoms. The van der Waals surface area contributed by atoms with E-state index < -0.39 is 0 Å². The molecule has 0 aliphatic carbocycles. The van der Waals surface area contributed by atoms with E-state index >= 15 is 0 Å². The van der Waals surface area contributed by atoms with Crippen LogP contribution >= 0.6 is 11.8 Å². The second-order valence-electron chi connectivity index (χ2n) is 0.365. The Bertz CT molecular complexity index is 52.0. The predicted molar refractivity (Wildman–Crippen MR) is 27.4 cm³/mol. The zero-order chi connectivity index (χ0) is 4.12. The normalized spacial score (nSPS) is 5.33. The number of rotatable bonds is 1. The summed E-state index contributed by atoms with van der Waals surface area (Å²) >= 11 is 0.824. The molecule has 0 amide bonds. The molecule has 0 spiro atoms. The van der Waals surface area contributed by atoms with Gasteiger partial charge in [0.15, 0.2) is 0 Å². The van der Waals surface area contributed by atoms with Crippen LogP contribution in [0.2, 0.25) is 0 Å². The Balaban J connectivity index is 0. The molecule has 0 unspecified atom stereocenters. The summed E-state index contributed by atoms with van der Waals surface area (Å²) in [5.41, 5.74) is 0. The molecule has 4 heteroatoms. The molecule has 0 radical (unpaired) electrons. The van der Waals surface area contributed by atoms with E-state index in [0.717, 1.165) is 11.8 Å². The second kappa shape index (κ2) is 9.67. The summed E-state index contributed by atoms with van der Waals surface area (Å²) in [5, 5.41) is 17.1. The molecule has 0 bridgehead atoms. The van der Waals surface area contributed by atoms with E-state index in [0.29, 0.717) is 0 Å². The molecule has 30 valence electrons. The molecule has 0 fully saturated rings. The Morgan fingerprint density at radius 2 is 2.33 bits per heavy atom. The maximum atomic E-state index is 7.81. The number of hydrogen-bond donors (Lipinski definition) is 1. The molecule has 1 N–H and O–H groups in total. The van der Waals surface area contributed by atoms with Crippen molar-refractivity contribution in [3.8, 4) is 5.40 Å². The van der Waals surface area contributed by atoms with Gasteiger partial charge in [-0.05, 0) is 11.8 Å². The van der Waals surface area contributed by atoms with Crippen LogP contribution in [0.25, 0.3) is 0 Å². The van der Waals surface area contributed by atoms with Gasteiger partial charge in [-0.1, -0.05) is 0 Å². The van der Waals surface area contributed by atoms with Crippen molar-refractivity contribution in [3.63, 3.8) is 0 Å². The zero-order valence-electron chi connectivity index (χ0n) is 2.51. The SMILES string of the molecule is N#CSCO.[KH]. The van der Waals surface area contributed by atoms with Crippen molar-refractivity contribution in [2.45, 2.75) is 0 Å². The van der Waals surface area contributed by atoms with Gasteiger partial charge in [-0.15, -0.1) is 0 Å². The van der Waals surface area contributed by atoms with Crippen LogP contribution in [0.5, 0.6) is 0 Å². The number of nitriles is 1. The molecule has 0 aromatic heterocycles. The van der Waals surface area contributed by atoms with Crippen molar-refractivity contribution in [3.05, 3.63) is 0 Å². The Morgan fingerprint density at radius 3 is 2.33 bits per heavy atom. The number of aliphatic hydroxyl groups excluding tert-OH is 1. The molecular weight excluding hydrogens is 125 g/mol. The van der Waals surface area contributed by atoms with Gasteiger partial charge in [0, 0.05) is 0 Å². The van der Waals surface area contributed by atoms with Crippen LogP contribution in [0.15, 0.2) is 0 Å². The average molecular weight is 129 g/mol. The van der Waals surface area contributed by atoms with Crippen LogP contribution < -0.4 is 0 Å². The van der Waals surface area contributed by atoms with E-state index in [1.165, 1.54) is 0 Å².